The summed E-state index contributed by atoms with van der Waals surface area (Å²) in [7, 11) is 0. The van der Waals surface area contributed by atoms with Crippen LogP contribution in [0, 0.1) is 5.41 Å². The van der Waals surface area contributed by atoms with Crippen molar-refractivity contribution in [1.29, 1.82) is 0 Å². The third kappa shape index (κ3) is 8.83. The van der Waals surface area contributed by atoms with Crippen LogP contribution in [-0.2, 0) is 25.3 Å². The van der Waals surface area contributed by atoms with Gasteiger partial charge in [0.1, 0.15) is 0 Å². The summed E-state index contributed by atoms with van der Waals surface area (Å²) >= 11 is -2.15. The van der Waals surface area contributed by atoms with Crippen LogP contribution in [0.5, 0.6) is 0 Å². The molecule has 0 heterocycles. The lowest BCUT2D eigenvalue weighted by Crippen LogP contribution is -2.38. The lowest BCUT2D eigenvalue weighted by Gasteiger charge is -2.21. The van der Waals surface area contributed by atoms with Crippen LogP contribution >= 0.6 is 0 Å². The van der Waals surface area contributed by atoms with Gasteiger partial charge in [-0.25, -0.2) is 9.00 Å². The van der Waals surface area contributed by atoms with E-state index in [0.29, 0.717) is 0 Å². The summed E-state index contributed by atoms with van der Waals surface area (Å²) in [5.41, 5.74) is -0.713. The molecule has 9 heteroatoms. The molecule has 0 saturated heterocycles. The molecule has 1 amide bonds. The Morgan fingerprint density at radius 3 is 2.30 bits per heavy atom. The van der Waals surface area contributed by atoms with Gasteiger partial charge in [0.2, 0.25) is 6.29 Å². The molecule has 0 aliphatic carbocycles. The number of ether oxygens (including phenoxy) is 2. The van der Waals surface area contributed by atoms with Crippen molar-refractivity contribution in [3.05, 3.63) is 0 Å². The van der Waals surface area contributed by atoms with E-state index >= 15 is 0 Å². The van der Waals surface area contributed by atoms with Crippen LogP contribution in [0.1, 0.15) is 27.7 Å². The van der Waals surface area contributed by atoms with Crippen molar-refractivity contribution in [2.24, 2.45) is 5.41 Å². The topological polar surface area (TPSA) is 122 Å². The van der Waals surface area contributed by atoms with Gasteiger partial charge in [0, 0.05) is 13.5 Å². The van der Waals surface area contributed by atoms with E-state index < -0.39 is 41.0 Å². The quantitative estimate of drug-likeness (QED) is 0.364. The van der Waals surface area contributed by atoms with Crippen molar-refractivity contribution in [3.8, 4) is 0 Å². The number of aliphatic hydroxyl groups is 1. The molecule has 0 bridgehead atoms. The van der Waals surface area contributed by atoms with Crippen molar-refractivity contribution in [1.82, 2.24) is 5.32 Å². The number of carbonyl (C=O) groups is 2. The van der Waals surface area contributed by atoms with Gasteiger partial charge in [-0.15, -0.1) is 0 Å². The Morgan fingerprint density at radius 2 is 1.85 bits per heavy atom. The van der Waals surface area contributed by atoms with Crippen molar-refractivity contribution in [2.75, 3.05) is 12.3 Å². The standard InChI is InChI=1S/C11H21NO7S/c1-7(18-9(14)11(2,3)4)19-10(15)12-5-8(13)6-20(16)17/h7-8,13H,5-6H2,1-4H3,(H,12,15)(H,16,17)/t7?,8-/m1/s1. The Labute approximate surface area is 120 Å². The van der Waals surface area contributed by atoms with E-state index in [1.165, 1.54) is 6.92 Å². The Hall–Kier alpha value is -1.19. The minimum Gasteiger partial charge on any atom is -0.425 e. The molecule has 0 aromatic heterocycles. The fourth-order valence-electron chi connectivity index (χ4n) is 0.969. The zero-order chi connectivity index (χ0) is 15.9. The van der Waals surface area contributed by atoms with E-state index in [1.807, 2.05) is 0 Å². The van der Waals surface area contributed by atoms with Crippen molar-refractivity contribution < 1.29 is 32.9 Å². The molecule has 3 N–H and O–H groups in total. The second-order valence-electron chi connectivity index (χ2n) is 5.15. The summed E-state index contributed by atoms with van der Waals surface area (Å²) in [5.74, 6) is -0.900. The molecule has 8 nitrogen and oxygen atoms in total. The van der Waals surface area contributed by atoms with Crippen LogP contribution in [0.4, 0.5) is 4.79 Å². The Kier molecular flexibility index (Phi) is 7.69. The highest BCUT2D eigenvalue weighted by molar-refractivity contribution is 7.79. The normalized spacial score (nSPS) is 15.9. The Morgan fingerprint density at radius 1 is 1.30 bits per heavy atom. The molecule has 0 aromatic carbocycles. The Bertz CT molecular complexity index is 366. The molecule has 0 aromatic rings. The van der Waals surface area contributed by atoms with E-state index in [1.54, 1.807) is 20.8 Å². The molecule has 2 unspecified atom stereocenters. The first-order valence-corrected chi connectivity index (χ1v) is 7.21. The summed E-state index contributed by atoms with van der Waals surface area (Å²) in [6, 6.07) is 0. The number of nitrogens with one attached hydrogen (secondary N) is 1. The molecule has 0 radical (unpaired) electrons. The third-order valence-electron chi connectivity index (χ3n) is 1.98. The second-order valence-corrected chi connectivity index (χ2v) is 6.13. The van der Waals surface area contributed by atoms with Gasteiger partial charge in [0.25, 0.3) is 0 Å². The first-order valence-electron chi connectivity index (χ1n) is 5.93. The molecule has 3 atom stereocenters. The van der Waals surface area contributed by atoms with Gasteiger partial charge in [-0.3, -0.25) is 4.79 Å². The van der Waals surface area contributed by atoms with Gasteiger partial charge >= 0.3 is 12.1 Å². The van der Waals surface area contributed by atoms with Gasteiger partial charge < -0.3 is 24.4 Å². The average molecular weight is 311 g/mol. The molecule has 0 rings (SSSR count). The predicted octanol–water partition coefficient (Wildman–Crippen LogP) is 0.230. The van der Waals surface area contributed by atoms with Crippen LogP contribution in [-0.4, -0.2) is 50.6 Å². The number of hydrogen-bond donors (Lipinski definition) is 3. The number of esters is 1. The predicted molar refractivity (Wildman–Crippen MR) is 71.1 cm³/mol. The molecule has 0 aliphatic heterocycles. The first kappa shape index (κ1) is 18.8. The van der Waals surface area contributed by atoms with E-state index in [0.717, 1.165) is 0 Å². The summed E-state index contributed by atoms with van der Waals surface area (Å²) in [5, 5.41) is 11.4. The van der Waals surface area contributed by atoms with E-state index in [2.05, 4.69) is 5.32 Å². The van der Waals surface area contributed by atoms with E-state index in [4.69, 9.17) is 14.0 Å². The molecule has 0 aliphatic rings. The number of alkyl carbamates (subject to hydrolysis) is 1. The maximum Gasteiger partial charge on any atom is 0.410 e. The number of amides is 1. The summed E-state index contributed by atoms with van der Waals surface area (Å²) in [6.45, 7) is 6.11. The first-order chi connectivity index (χ1) is 9.02. The number of carbonyl (C=O) groups excluding carboxylic acids is 2. The number of hydrogen-bond acceptors (Lipinski definition) is 6. The molecule has 0 fully saturated rings. The SMILES string of the molecule is CC(OC(=O)NC[C@@H](O)CS(=O)O)OC(=O)C(C)(C)C. The molecule has 0 saturated carbocycles. The number of aliphatic hydroxyl groups excluding tert-OH is 1. The fraction of sp³-hybridized carbons (Fsp3) is 0.818. The average Bonchev–Trinajstić information content (AvgIpc) is 2.23. The molecule has 118 valence electrons. The van der Waals surface area contributed by atoms with Gasteiger partial charge in [-0.05, 0) is 20.8 Å². The van der Waals surface area contributed by atoms with Crippen LogP contribution in [0.3, 0.4) is 0 Å². The van der Waals surface area contributed by atoms with Crippen LogP contribution in [0.25, 0.3) is 0 Å². The number of rotatable bonds is 6. The zero-order valence-corrected chi connectivity index (χ0v) is 12.7. The fourth-order valence-corrected chi connectivity index (χ4v) is 1.42. The van der Waals surface area contributed by atoms with Crippen molar-refractivity contribution >= 4 is 23.1 Å². The summed E-state index contributed by atoms with van der Waals surface area (Å²) < 4.78 is 28.5. The molecule has 20 heavy (non-hydrogen) atoms. The van der Waals surface area contributed by atoms with Gasteiger partial charge in [-0.2, -0.15) is 0 Å². The highest BCUT2D eigenvalue weighted by Crippen LogP contribution is 2.16. The summed E-state index contributed by atoms with van der Waals surface area (Å²) in [6.07, 6.45) is -3.14. The minimum atomic E-state index is -2.15. The molecular formula is C11H21NO7S. The zero-order valence-electron chi connectivity index (χ0n) is 11.9. The van der Waals surface area contributed by atoms with Gasteiger partial charge in [-0.1, -0.05) is 0 Å². The van der Waals surface area contributed by atoms with E-state index in [9.17, 15) is 18.9 Å². The van der Waals surface area contributed by atoms with E-state index in [-0.39, 0.29) is 12.3 Å². The van der Waals surface area contributed by atoms with Crippen molar-refractivity contribution in [3.63, 3.8) is 0 Å². The van der Waals surface area contributed by atoms with Crippen LogP contribution < -0.4 is 5.32 Å². The highest BCUT2D eigenvalue weighted by atomic mass is 32.2. The lowest BCUT2D eigenvalue weighted by atomic mass is 9.97. The Balaban J connectivity index is 4.03. The smallest absolute Gasteiger partial charge is 0.410 e. The van der Waals surface area contributed by atoms with Crippen LogP contribution in [0.2, 0.25) is 0 Å². The van der Waals surface area contributed by atoms with Crippen LogP contribution in [0.15, 0.2) is 0 Å². The maximum atomic E-state index is 11.5. The monoisotopic (exact) mass is 311 g/mol. The largest absolute Gasteiger partial charge is 0.425 e. The molecule has 0 spiro atoms. The minimum absolute atomic E-state index is 0.245. The van der Waals surface area contributed by atoms with Gasteiger partial charge in [0.05, 0.1) is 17.3 Å². The summed E-state index contributed by atoms with van der Waals surface area (Å²) in [4.78, 5) is 22.8. The van der Waals surface area contributed by atoms with Gasteiger partial charge in [0.15, 0.2) is 11.1 Å². The third-order valence-corrected chi connectivity index (χ3v) is 2.65. The molecular weight excluding hydrogens is 290 g/mol. The highest BCUT2D eigenvalue weighted by Gasteiger charge is 2.26. The van der Waals surface area contributed by atoms with Crippen molar-refractivity contribution in [2.45, 2.75) is 40.1 Å². The lowest BCUT2D eigenvalue weighted by molar-refractivity contribution is -0.174. The second kappa shape index (κ2) is 8.18. The maximum absolute atomic E-state index is 11.5.